The highest BCUT2D eigenvalue weighted by atomic mass is 16.3. The van der Waals surface area contributed by atoms with Gasteiger partial charge >= 0.3 is 0 Å². The molecule has 0 aliphatic heterocycles. The number of fused-ring (bicyclic) bond motifs is 14. The van der Waals surface area contributed by atoms with Crippen LogP contribution in [0.15, 0.2) is 180 Å². The molecule has 1 heterocycles. The summed E-state index contributed by atoms with van der Waals surface area (Å²) in [6.45, 7) is 9.48. The molecule has 0 saturated carbocycles. The van der Waals surface area contributed by atoms with Gasteiger partial charge in [-0.05, 0) is 103 Å². The van der Waals surface area contributed by atoms with Crippen LogP contribution >= 0.6 is 0 Å². The first-order chi connectivity index (χ1) is 28.3. The van der Waals surface area contributed by atoms with Crippen LogP contribution < -0.4 is 4.90 Å². The van der Waals surface area contributed by atoms with E-state index in [1.54, 1.807) is 0 Å². The largest absolute Gasteiger partial charge is 0.455 e. The fourth-order valence-electron chi connectivity index (χ4n) is 10.7. The minimum atomic E-state index is -0.151. The van der Waals surface area contributed by atoms with E-state index in [-0.39, 0.29) is 10.8 Å². The molecule has 0 saturated heterocycles. The van der Waals surface area contributed by atoms with Gasteiger partial charge in [-0.2, -0.15) is 0 Å². The Hall–Kier alpha value is -6.90. The second-order valence-electron chi connectivity index (χ2n) is 17.2. The van der Waals surface area contributed by atoms with E-state index >= 15 is 0 Å². The lowest BCUT2D eigenvalue weighted by atomic mass is 9.82. The zero-order valence-electron chi connectivity index (χ0n) is 33.1. The number of furan rings is 1. The molecule has 0 N–H and O–H groups in total. The Morgan fingerprint density at radius 3 is 1.48 bits per heavy atom. The summed E-state index contributed by atoms with van der Waals surface area (Å²) in [6.07, 6.45) is 0. The smallest absolute Gasteiger partial charge is 0.143 e. The van der Waals surface area contributed by atoms with Crippen LogP contribution in [0, 0.1) is 0 Å². The number of nitrogens with zero attached hydrogens (tertiary/aromatic N) is 1. The summed E-state index contributed by atoms with van der Waals surface area (Å²) >= 11 is 0. The molecular formula is C56H41NO. The van der Waals surface area contributed by atoms with Gasteiger partial charge in [0.05, 0.1) is 5.69 Å². The lowest BCUT2D eigenvalue weighted by Gasteiger charge is -2.31. The first-order valence-corrected chi connectivity index (χ1v) is 20.4. The number of benzene rings is 9. The van der Waals surface area contributed by atoms with Crippen molar-refractivity contribution in [1.29, 1.82) is 0 Å². The molecule has 2 nitrogen and oxygen atoms in total. The number of hydrogen-bond acceptors (Lipinski definition) is 2. The molecule has 0 amide bonds. The SMILES string of the molecule is CC1(C)c2ccccc2-c2ccc(N(c3ccc4c(c3)C(C)(C)c3ccccc3-4)c3ccc4oc5c6ccccc6c6ccccc6c5c4c3-c3ccccc3)cc21. The van der Waals surface area contributed by atoms with Crippen molar-refractivity contribution in [2.24, 2.45) is 0 Å². The summed E-state index contributed by atoms with van der Waals surface area (Å²) in [6, 6.07) is 65.0. The summed E-state index contributed by atoms with van der Waals surface area (Å²) < 4.78 is 7.01. The Kier molecular flexibility index (Phi) is 6.78. The molecule has 2 aliphatic carbocycles. The van der Waals surface area contributed by atoms with Crippen LogP contribution in [0.1, 0.15) is 49.9 Å². The van der Waals surface area contributed by atoms with E-state index in [2.05, 4.69) is 209 Å². The standard InChI is InChI=1S/C56H41NO/c1-55(2)45-24-14-12-20-39(45)41-28-26-35(32-47(41)55)57(36-27-29-42-40-21-13-15-25-46(40)56(3,4)48(42)33-36)49-30-31-50-53(51(49)34-16-6-5-7-17-34)52-43-22-10-8-18-37(43)38-19-9-11-23-44(38)54(52)58-50/h5-33H,1-4H3. The van der Waals surface area contributed by atoms with E-state index in [9.17, 15) is 0 Å². The monoisotopic (exact) mass is 743 g/mol. The molecule has 0 bridgehead atoms. The number of anilines is 3. The Balaban J connectivity index is 1.20. The fraction of sp³-hybridized carbons (Fsp3) is 0.107. The molecule has 2 aliphatic rings. The second-order valence-corrected chi connectivity index (χ2v) is 17.2. The van der Waals surface area contributed by atoms with Gasteiger partial charge in [0.1, 0.15) is 11.2 Å². The fourth-order valence-corrected chi connectivity index (χ4v) is 10.7. The summed E-state index contributed by atoms with van der Waals surface area (Å²) in [4.78, 5) is 2.52. The van der Waals surface area contributed by atoms with Crippen molar-refractivity contribution in [3.05, 3.63) is 198 Å². The molecular weight excluding hydrogens is 703 g/mol. The van der Waals surface area contributed by atoms with Crippen molar-refractivity contribution in [2.45, 2.75) is 38.5 Å². The molecule has 0 atom stereocenters. The molecule has 10 aromatic rings. The average molecular weight is 744 g/mol. The Morgan fingerprint density at radius 2 is 0.879 bits per heavy atom. The molecule has 0 fully saturated rings. The van der Waals surface area contributed by atoms with Crippen molar-refractivity contribution in [3.63, 3.8) is 0 Å². The van der Waals surface area contributed by atoms with Crippen LogP contribution in [-0.4, -0.2) is 0 Å². The summed E-state index contributed by atoms with van der Waals surface area (Å²) in [5.74, 6) is 0. The van der Waals surface area contributed by atoms with E-state index in [4.69, 9.17) is 4.42 Å². The molecule has 9 aromatic carbocycles. The third-order valence-corrected chi connectivity index (χ3v) is 13.4. The van der Waals surface area contributed by atoms with Gasteiger partial charge in [-0.15, -0.1) is 0 Å². The normalized spacial score (nSPS) is 14.5. The quantitative estimate of drug-likeness (QED) is 0.167. The van der Waals surface area contributed by atoms with Crippen LogP contribution in [-0.2, 0) is 10.8 Å². The third-order valence-electron chi connectivity index (χ3n) is 13.4. The minimum Gasteiger partial charge on any atom is -0.455 e. The number of hydrogen-bond donors (Lipinski definition) is 0. The van der Waals surface area contributed by atoms with Crippen LogP contribution in [0.5, 0.6) is 0 Å². The van der Waals surface area contributed by atoms with E-state index in [0.29, 0.717) is 0 Å². The van der Waals surface area contributed by atoms with Gasteiger partial charge in [0, 0.05) is 43.9 Å². The Bertz CT molecular complexity index is 3240. The van der Waals surface area contributed by atoms with Gasteiger partial charge < -0.3 is 9.32 Å². The first kappa shape index (κ1) is 33.3. The van der Waals surface area contributed by atoms with Crippen LogP contribution in [0.4, 0.5) is 17.1 Å². The first-order valence-electron chi connectivity index (χ1n) is 20.4. The topological polar surface area (TPSA) is 16.4 Å². The van der Waals surface area contributed by atoms with Crippen molar-refractivity contribution in [3.8, 4) is 33.4 Å². The zero-order chi connectivity index (χ0) is 38.9. The Morgan fingerprint density at radius 1 is 0.397 bits per heavy atom. The van der Waals surface area contributed by atoms with Crippen molar-refractivity contribution < 1.29 is 4.42 Å². The number of rotatable bonds is 4. The molecule has 276 valence electrons. The van der Waals surface area contributed by atoms with Crippen molar-refractivity contribution in [1.82, 2.24) is 0 Å². The van der Waals surface area contributed by atoms with Gasteiger partial charge in [0.15, 0.2) is 0 Å². The summed E-state index contributed by atoms with van der Waals surface area (Å²) in [5, 5.41) is 7.05. The second kappa shape index (κ2) is 11.8. The van der Waals surface area contributed by atoms with Gasteiger partial charge in [-0.3, -0.25) is 0 Å². The van der Waals surface area contributed by atoms with Gasteiger partial charge in [0.2, 0.25) is 0 Å². The van der Waals surface area contributed by atoms with E-state index in [1.807, 2.05) is 0 Å². The highest BCUT2D eigenvalue weighted by Crippen LogP contribution is 2.55. The zero-order valence-corrected chi connectivity index (χ0v) is 33.1. The maximum Gasteiger partial charge on any atom is 0.143 e. The third kappa shape index (κ3) is 4.43. The van der Waals surface area contributed by atoms with E-state index in [0.717, 1.165) is 55.5 Å². The van der Waals surface area contributed by atoms with Crippen LogP contribution in [0.2, 0.25) is 0 Å². The van der Waals surface area contributed by atoms with E-state index in [1.165, 1.54) is 60.7 Å². The molecule has 0 radical (unpaired) electrons. The maximum atomic E-state index is 7.01. The maximum absolute atomic E-state index is 7.01. The molecule has 2 heteroatoms. The molecule has 58 heavy (non-hydrogen) atoms. The molecule has 0 spiro atoms. The van der Waals surface area contributed by atoms with E-state index < -0.39 is 0 Å². The summed E-state index contributed by atoms with van der Waals surface area (Å²) in [5.41, 5.74) is 17.9. The molecule has 0 unspecified atom stereocenters. The minimum absolute atomic E-state index is 0.151. The highest BCUT2D eigenvalue weighted by Gasteiger charge is 2.38. The van der Waals surface area contributed by atoms with Crippen LogP contribution in [0.3, 0.4) is 0 Å². The van der Waals surface area contributed by atoms with Crippen LogP contribution in [0.25, 0.3) is 76.9 Å². The molecule has 12 rings (SSSR count). The van der Waals surface area contributed by atoms with Crippen molar-refractivity contribution >= 4 is 60.5 Å². The average Bonchev–Trinajstić information content (AvgIpc) is 3.85. The predicted octanol–water partition coefficient (Wildman–Crippen LogP) is 15.6. The summed E-state index contributed by atoms with van der Waals surface area (Å²) in [7, 11) is 0. The van der Waals surface area contributed by atoms with Crippen molar-refractivity contribution in [2.75, 3.05) is 4.90 Å². The van der Waals surface area contributed by atoms with Gasteiger partial charge in [-0.1, -0.05) is 167 Å². The highest BCUT2D eigenvalue weighted by molar-refractivity contribution is 6.33. The Labute approximate surface area is 338 Å². The predicted molar refractivity (Wildman–Crippen MR) is 244 cm³/mol. The van der Waals surface area contributed by atoms with Gasteiger partial charge in [-0.25, -0.2) is 0 Å². The molecule has 1 aromatic heterocycles. The lowest BCUT2D eigenvalue weighted by molar-refractivity contribution is 0.660. The van der Waals surface area contributed by atoms with Gasteiger partial charge in [0.25, 0.3) is 0 Å². The lowest BCUT2D eigenvalue weighted by Crippen LogP contribution is -2.18.